The fraction of sp³-hybridized carbons (Fsp3) is 0.471. The number of carbonyl (C=O) groups excluding carboxylic acids is 2. The summed E-state index contributed by atoms with van der Waals surface area (Å²) in [5.41, 5.74) is 7.38. The van der Waals surface area contributed by atoms with Crippen LogP contribution in [0.5, 0.6) is 0 Å². The Kier molecular flexibility index (Phi) is 5.19. The first-order valence-electron chi connectivity index (χ1n) is 8.26. The first kappa shape index (κ1) is 17.6. The van der Waals surface area contributed by atoms with Crippen molar-refractivity contribution in [1.29, 1.82) is 0 Å². The third kappa shape index (κ3) is 3.32. The lowest BCUT2D eigenvalue weighted by Gasteiger charge is -2.35. The van der Waals surface area contributed by atoms with Crippen molar-refractivity contribution in [3.8, 4) is 0 Å². The first-order valence-corrected chi connectivity index (χ1v) is 9.07. The van der Waals surface area contributed by atoms with Crippen LogP contribution < -0.4 is 11.1 Å². The van der Waals surface area contributed by atoms with Crippen molar-refractivity contribution in [3.05, 3.63) is 22.7 Å². The highest BCUT2D eigenvalue weighted by Gasteiger charge is 2.29. The number of nitrogens with two attached hydrogens (primary N) is 1. The molecular formula is C17H22N4O3S. The van der Waals surface area contributed by atoms with E-state index in [2.05, 4.69) is 5.32 Å². The van der Waals surface area contributed by atoms with Gasteiger partial charge in [-0.25, -0.2) is 4.98 Å². The summed E-state index contributed by atoms with van der Waals surface area (Å²) in [4.78, 5) is 32.0. The fourth-order valence-corrected chi connectivity index (χ4v) is 4.27. The molecule has 0 radical (unpaired) electrons. The molecule has 1 aliphatic rings. The van der Waals surface area contributed by atoms with Crippen LogP contribution in [0.25, 0.3) is 10.2 Å². The topological polar surface area (TPSA) is 97.5 Å². The summed E-state index contributed by atoms with van der Waals surface area (Å²) in [7, 11) is 3.10. The number of anilines is 1. The van der Waals surface area contributed by atoms with Crippen LogP contribution in [0.1, 0.15) is 40.7 Å². The maximum absolute atomic E-state index is 12.3. The van der Waals surface area contributed by atoms with Gasteiger partial charge in [0, 0.05) is 26.1 Å². The van der Waals surface area contributed by atoms with E-state index in [1.165, 1.54) is 18.4 Å². The molecule has 1 aliphatic heterocycles. The Labute approximate surface area is 150 Å². The third-order valence-electron chi connectivity index (χ3n) is 4.48. The summed E-state index contributed by atoms with van der Waals surface area (Å²) in [5.74, 6) is -0.234. The molecule has 1 saturated heterocycles. The van der Waals surface area contributed by atoms with Gasteiger partial charge in [0.05, 0.1) is 17.4 Å². The van der Waals surface area contributed by atoms with Gasteiger partial charge in [-0.2, -0.15) is 0 Å². The number of nitrogen functional groups attached to an aromatic ring is 1. The van der Waals surface area contributed by atoms with Crippen LogP contribution in [0.2, 0.25) is 0 Å². The largest absolute Gasteiger partial charge is 0.397 e. The molecule has 134 valence electrons. The summed E-state index contributed by atoms with van der Waals surface area (Å²) >= 11 is 1.28. The normalized spacial score (nSPS) is 17.7. The minimum absolute atomic E-state index is 0.0224. The van der Waals surface area contributed by atoms with E-state index in [9.17, 15) is 9.59 Å². The second kappa shape index (κ2) is 7.37. The molecule has 1 fully saturated rings. The van der Waals surface area contributed by atoms with Crippen LogP contribution in [0.15, 0.2) is 12.1 Å². The van der Waals surface area contributed by atoms with Crippen molar-refractivity contribution in [3.63, 3.8) is 0 Å². The Balaban J connectivity index is 1.97. The van der Waals surface area contributed by atoms with Gasteiger partial charge >= 0.3 is 0 Å². The van der Waals surface area contributed by atoms with E-state index < -0.39 is 0 Å². The molecule has 8 heteroatoms. The molecule has 0 bridgehead atoms. The summed E-state index contributed by atoms with van der Waals surface area (Å²) in [6.45, 7) is 0.786. The predicted octanol–water partition coefficient (Wildman–Crippen LogP) is 1.94. The number of likely N-dealkylation sites (tertiary alicyclic amines) is 1. The Morgan fingerprint density at radius 2 is 2.24 bits per heavy atom. The van der Waals surface area contributed by atoms with Crippen LogP contribution in [0, 0.1) is 0 Å². The number of carbonyl (C=O) groups is 2. The summed E-state index contributed by atoms with van der Waals surface area (Å²) in [6, 6.07) is 3.73. The molecule has 7 nitrogen and oxygen atoms in total. The highest BCUT2D eigenvalue weighted by molar-refractivity contribution is 7.21. The highest BCUT2D eigenvalue weighted by Crippen LogP contribution is 2.36. The van der Waals surface area contributed by atoms with Crippen LogP contribution in [-0.2, 0) is 9.53 Å². The minimum atomic E-state index is -0.211. The average molecular weight is 362 g/mol. The standard InChI is InChI=1S/C17H22N4O3S/c1-19-16(23)15-14(18)10-6-7-11(20-17(10)25-15)12-5-3-4-8-21(12)13(22)9-24-2/h6-7,12H,3-5,8-9,18H2,1-2H3,(H,19,23). The number of thiophene rings is 1. The number of nitrogens with one attached hydrogen (secondary N) is 1. The van der Waals surface area contributed by atoms with E-state index in [0.717, 1.165) is 35.2 Å². The van der Waals surface area contributed by atoms with Gasteiger partial charge in [0.2, 0.25) is 5.91 Å². The Hall–Kier alpha value is -2.19. The quantitative estimate of drug-likeness (QED) is 0.866. The number of aromatic nitrogens is 1. The molecule has 3 N–H and O–H groups in total. The van der Waals surface area contributed by atoms with Gasteiger partial charge in [0.15, 0.2) is 0 Å². The number of rotatable bonds is 4. The van der Waals surface area contributed by atoms with E-state index in [-0.39, 0.29) is 24.5 Å². The van der Waals surface area contributed by atoms with Crippen LogP contribution in [0.4, 0.5) is 5.69 Å². The minimum Gasteiger partial charge on any atom is -0.397 e. The number of fused-ring (bicyclic) bond motifs is 1. The lowest BCUT2D eigenvalue weighted by atomic mass is 9.98. The van der Waals surface area contributed by atoms with Crippen molar-refractivity contribution >= 4 is 39.1 Å². The van der Waals surface area contributed by atoms with Crippen LogP contribution in [0.3, 0.4) is 0 Å². The molecule has 1 unspecified atom stereocenters. The van der Waals surface area contributed by atoms with E-state index in [1.807, 2.05) is 17.0 Å². The van der Waals surface area contributed by atoms with E-state index in [0.29, 0.717) is 17.1 Å². The fourth-order valence-electron chi connectivity index (χ4n) is 3.22. The smallest absolute Gasteiger partial charge is 0.263 e. The number of amides is 2. The van der Waals surface area contributed by atoms with Crippen molar-refractivity contribution in [2.75, 3.05) is 33.0 Å². The molecule has 1 atom stereocenters. The van der Waals surface area contributed by atoms with Crippen LogP contribution >= 0.6 is 11.3 Å². The maximum Gasteiger partial charge on any atom is 0.263 e. The summed E-state index contributed by atoms with van der Waals surface area (Å²) in [6.07, 6.45) is 2.91. The van der Waals surface area contributed by atoms with Crippen molar-refractivity contribution in [1.82, 2.24) is 15.2 Å². The van der Waals surface area contributed by atoms with E-state index in [4.69, 9.17) is 15.5 Å². The number of hydrogen-bond acceptors (Lipinski definition) is 6. The summed E-state index contributed by atoms with van der Waals surface area (Å²) in [5, 5.41) is 3.37. The molecule has 2 amide bonds. The van der Waals surface area contributed by atoms with Gasteiger partial charge < -0.3 is 20.7 Å². The molecule has 3 heterocycles. The zero-order valence-corrected chi connectivity index (χ0v) is 15.2. The van der Waals surface area contributed by atoms with Crippen molar-refractivity contribution < 1.29 is 14.3 Å². The lowest BCUT2D eigenvalue weighted by Crippen LogP contribution is -2.40. The average Bonchev–Trinajstić information content (AvgIpc) is 2.97. The molecule has 0 aromatic carbocycles. The number of hydrogen-bond donors (Lipinski definition) is 2. The number of methoxy groups -OCH3 is 1. The Morgan fingerprint density at radius 3 is 2.96 bits per heavy atom. The number of ether oxygens (including phenoxy) is 1. The number of piperidine rings is 1. The molecule has 2 aromatic rings. The molecule has 2 aromatic heterocycles. The number of pyridine rings is 1. The van der Waals surface area contributed by atoms with Gasteiger partial charge in [0.1, 0.15) is 16.3 Å². The van der Waals surface area contributed by atoms with Crippen molar-refractivity contribution in [2.24, 2.45) is 0 Å². The Bertz CT molecular complexity index is 805. The lowest BCUT2D eigenvalue weighted by molar-refractivity contribution is -0.139. The van der Waals surface area contributed by atoms with Gasteiger partial charge in [0.25, 0.3) is 5.91 Å². The number of nitrogens with zero attached hydrogens (tertiary/aromatic N) is 2. The molecular weight excluding hydrogens is 340 g/mol. The molecule has 3 rings (SSSR count). The van der Waals surface area contributed by atoms with Crippen LogP contribution in [-0.4, -0.2) is 49.0 Å². The van der Waals surface area contributed by atoms with Gasteiger partial charge in [-0.05, 0) is 31.4 Å². The zero-order valence-electron chi connectivity index (χ0n) is 14.4. The second-order valence-electron chi connectivity index (χ2n) is 6.04. The van der Waals surface area contributed by atoms with E-state index >= 15 is 0 Å². The maximum atomic E-state index is 12.3. The second-order valence-corrected chi connectivity index (χ2v) is 7.04. The monoisotopic (exact) mass is 362 g/mol. The molecule has 25 heavy (non-hydrogen) atoms. The zero-order chi connectivity index (χ0) is 18.0. The predicted molar refractivity (Wildman–Crippen MR) is 97.6 cm³/mol. The highest BCUT2D eigenvalue weighted by atomic mass is 32.1. The first-order chi connectivity index (χ1) is 12.1. The van der Waals surface area contributed by atoms with Gasteiger partial charge in [-0.15, -0.1) is 11.3 Å². The third-order valence-corrected chi connectivity index (χ3v) is 5.59. The van der Waals surface area contributed by atoms with Gasteiger partial charge in [-0.3, -0.25) is 9.59 Å². The molecule has 0 spiro atoms. The van der Waals surface area contributed by atoms with E-state index in [1.54, 1.807) is 7.05 Å². The SMILES string of the molecule is CNC(=O)c1sc2nc(C3CCCCN3C(=O)COC)ccc2c1N. The Morgan fingerprint density at radius 1 is 1.44 bits per heavy atom. The molecule has 0 saturated carbocycles. The van der Waals surface area contributed by atoms with Gasteiger partial charge in [-0.1, -0.05) is 0 Å². The van der Waals surface area contributed by atoms with Crippen molar-refractivity contribution in [2.45, 2.75) is 25.3 Å². The molecule has 0 aliphatic carbocycles. The summed E-state index contributed by atoms with van der Waals surface area (Å²) < 4.78 is 5.00.